The van der Waals surface area contributed by atoms with Gasteiger partial charge in [0.1, 0.15) is 12.2 Å². The van der Waals surface area contributed by atoms with Crippen molar-refractivity contribution in [3.63, 3.8) is 0 Å². The largest absolute Gasteiger partial charge is 0.378 e. The van der Waals surface area contributed by atoms with E-state index in [9.17, 15) is 0 Å². The number of aryl methyl sites for hydroxylation is 1. The first-order chi connectivity index (χ1) is 9.81. The van der Waals surface area contributed by atoms with E-state index >= 15 is 0 Å². The Kier molecular flexibility index (Phi) is 3.69. The average Bonchev–Trinajstić information content (AvgIpc) is 3.10. The van der Waals surface area contributed by atoms with Crippen LogP contribution in [0, 0.1) is 0 Å². The highest BCUT2D eigenvalue weighted by Crippen LogP contribution is 2.25. The number of H-pyrrole nitrogens is 1. The molecule has 2 N–H and O–H groups in total. The molecule has 0 fully saturated rings. The highest BCUT2D eigenvalue weighted by atomic mass is 32.2. The lowest BCUT2D eigenvalue weighted by atomic mass is 10.3. The predicted octanol–water partition coefficient (Wildman–Crippen LogP) is 2.30. The first-order valence-electron chi connectivity index (χ1n) is 6.14. The topological polar surface area (TPSA) is 71.4 Å². The molecule has 0 bridgehead atoms. The number of hydrogen-bond donors (Lipinski definition) is 2. The first kappa shape index (κ1) is 12.7. The van der Waals surface area contributed by atoms with Gasteiger partial charge in [-0.3, -0.25) is 5.10 Å². The van der Waals surface area contributed by atoms with Crippen LogP contribution >= 0.6 is 11.8 Å². The van der Waals surface area contributed by atoms with Gasteiger partial charge in [0.15, 0.2) is 5.16 Å². The summed E-state index contributed by atoms with van der Waals surface area (Å²) in [5.41, 5.74) is 1.06. The SMILES string of the molecule is Cn1ccnc1CNc1ccc(Sc2ncn[nH]2)cc1. The number of benzene rings is 1. The maximum atomic E-state index is 4.28. The minimum atomic E-state index is 0.706. The average molecular weight is 286 g/mol. The zero-order valence-corrected chi connectivity index (χ0v) is 11.8. The lowest BCUT2D eigenvalue weighted by Gasteiger charge is -2.07. The summed E-state index contributed by atoms with van der Waals surface area (Å²) in [5.74, 6) is 1.00. The van der Waals surface area contributed by atoms with E-state index in [-0.39, 0.29) is 0 Å². The van der Waals surface area contributed by atoms with Crippen LogP contribution in [0.2, 0.25) is 0 Å². The second-order valence-corrected chi connectivity index (χ2v) is 5.29. The van der Waals surface area contributed by atoms with Crippen molar-refractivity contribution in [1.29, 1.82) is 0 Å². The van der Waals surface area contributed by atoms with Gasteiger partial charge in [0.2, 0.25) is 0 Å². The summed E-state index contributed by atoms with van der Waals surface area (Å²) in [6, 6.07) is 8.19. The first-order valence-corrected chi connectivity index (χ1v) is 6.96. The second-order valence-electron chi connectivity index (χ2n) is 4.22. The van der Waals surface area contributed by atoms with Crippen LogP contribution in [-0.2, 0) is 13.6 Å². The maximum Gasteiger partial charge on any atom is 0.188 e. The number of anilines is 1. The third kappa shape index (κ3) is 3.00. The summed E-state index contributed by atoms with van der Waals surface area (Å²) < 4.78 is 2.00. The summed E-state index contributed by atoms with van der Waals surface area (Å²) in [6.07, 6.45) is 5.24. The Hall–Kier alpha value is -2.28. The molecule has 3 rings (SSSR count). The van der Waals surface area contributed by atoms with Crippen LogP contribution in [-0.4, -0.2) is 24.7 Å². The van der Waals surface area contributed by atoms with Crippen molar-refractivity contribution in [3.05, 3.63) is 48.8 Å². The number of aromatic amines is 1. The molecule has 2 heterocycles. The molecule has 0 aliphatic heterocycles. The van der Waals surface area contributed by atoms with E-state index in [1.54, 1.807) is 18.0 Å². The quantitative estimate of drug-likeness (QED) is 0.753. The van der Waals surface area contributed by atoms with E-state index in [4.69, 9.17) is 0 Å². The van der Waals surface area contributed by atoms with Crippen LogP contribution in [0.15, 0.2) is 53.0 Å². The molecular formula is C13H14N6S. The summed E-state index contributed by atoms with van der Waals surface area (Å²) in [5, 5.41) is 10.8. The molecule has 7 heteroatoms. The minimum Gasteiger partial charge on any atom is -0.378 e. The van der Waals surface area contributed by atoms with E-state index in [1.807, 2.05) is 42.1 Å². The highest BCUT2D eigenvalue weighted by molar-refractivity contribution is 7.99. The molecule has 0 saturated carbocycles. The van der Waals surface area contributed by atoms with Crippen LogP contribution in [0.5, 0.6) is 0 Å². The van der Waals surface area contributed by atoms with Crippen molar-refractivity contribution in [2.45, 2.75) is 16.6 Å². The van der Waals surface area contributed by atoms with Crippen LogP contribution in [0.1, 0.15) is 5.82 Å². The van der Waals surface area contributed by atoms with E-state index in [1.165, 1.54) is 6.33 Å². The monoisotopic (exact) mass is 286 g/mol. The summed E-state index contributed by atoms with van der Waals surface area (Å²) >= 11 is 1.55. The summed E-state index contributed by atoms with van der Waals surface area (Å²) in [4.78, 5) is 9.47. The van der Waals surface area contributed by atoms with Gasteiger partial charge in [-0.1, -0.05) is 11.8 Å². The number of nitrogens with one attached hydrogen (secondary N) is 2. The lowest BCUT2D eigenvalue weighted by molar-refractivity contribution is 0.813. The van der Waals surface area contributed by atoms with E-state index in [0.29, 0.717) is 6.54 Å². The molecule has 0 spiro atoms. The van der Waals surface area contributed by atoms with Gasteiger partial charge < -0.3 is 9.88 Å². The minimum absolute atomic E-state index is 0.706. The van der Waals surface area contributed by atoms with Crippen molar-refractivity contribution in [1.82, 2.24) is 24.7 Å². The van der Waals surface area contributed by atoms with Gasteiger partial charge in [-0.15, -0.1) is 0 Å². The Balaban J connectivity index is 1.60. The number of imidazole rings is 1. The maximum absolute atomic E-state index is 4.28. The summed E-state index contributed by atoms with van der Waals surface area (Å²) in [6.45, 7) is 0.706. The fourth-order valence-corrected chi connectivity index (χ4v) is 2.44. The molecular weight excluding hydrogens is 272 g/mol. The fourth-order valence-electron chi connectivity index (χ4n) is 1.74. The van der Waals surface area contributed by atoms with Crippen LogP contribution in [0.4, 0.5) is 5.69 Å². The van der Waals surface area contributed by atoms with Crippen molar-refractivity contribution in [3.8, 4) is 0 Å². The molecule has 0 amide bonds. The molecule has 20 heavy (non-hydrogen) atoms. The summed E-state index contributed by atoms with van der Waals surface area (Å²) in [7, 11) is 1.99. The number of nitrogens with zero attached hydrogens (tertiary/aromatic N) is 4. The third-order valence-electron chi connectivity index (χ3n) is 2.83. The molecule has 1 aromatic carbocycles. The van der Waals surface area contributed by atoms with Gasteiger partial charge in [-0.2, -0.15) is 5.10 Å². The van der Waals surface area contributed by atoms with Crippen molar-refractivity contribution in [2.75, 3.05) is 5.32 Å². The molecule has 6 nitrogen and oxygen atoms in total. The standard InChI is InChI=1S/C13H14N6S/c1-19-7-6-14-12(19)8-15-10-2-4-11(5-3-10)20-13-16-9-17-18-13/h2-7,9,15H,8H2,1H3,(H,16,17,18). The normalized spacial score (nSPS) is 10.7. The molecule has 0 aliphatic carbocycles. The lowest BCUT2D eigenvalue weighted by Crippen LogP contribution is -2.05. The zero-order chi connectivity index (χ0) is 13.8. The molecule has 3 aromatic rings. The Morgan fingerprint density at radius 2 is 2.10 bits per heavy atom. The van der Waals surface area contributed by atoms with Crippen LogP contribution < -0.4 is 5.32 Å². The van der Waals surface area contributed by atoms with Crippen molar-refractivity contribution >= 4 is 17.4 Å². The molecule has 0 radical (unpaired) electrons. The van der Waals surface area contributed by atoms with Gasteiger partial charge in [0.25, 0.3) is 0 Å². The van der Waals surface area contributed by atoms with E-state index in [0.717, 1.165) is 21.6 Å². The van der Waals surface area contributed by atoms with Gasteiger partial charge in [-0.05, 0) is 24.3 Å². The van der Waals surface area contributed by atoms with E-state index < -0.39 is 0 Å². The molecule has 0 aliphatic rings. The van der Waals surface area contributed by atoms with Gasteiger partial charge in [0.05, 0.1) is 6.54 Å². The predicted molar refractivity (Wildman–Crippen MR) is 77.5 cm³/mol. The second kappa shape index (κ2) is 5.79. The Labute approximate surface area is 120 Å². The fraction of sp³-hybridized carbons (Fsp3) is 0.154. The van der Waals surface area contributed by atoms with Crippen LogP contribution in [0.25, 0.3) is 0 Å². The molecule has 0 unspecified atom stereocenters. The Morgan fingerprint density at radius 1 is 1.25 bits per heavy atom. The number of rotatable bonds is 5. The molecule has 0 atom stereocenters. The Bertz CT molecular complexity index is 658. The third-order valence-corrected chi connectivity index (χ3v) is 3.73. The van der Waals surface area contributed by atoms with Gasteiger partial charge in [0, 0.05) is 30.0 Å². The molecule has 102 valence electrons. The van der Waals surface area contributed by atoms with E-state index in [2.05, 4.69) is 25.5 Å². The van der Waals surface area contributed by atoms with Crippen molar-refractivity contribution < 1.29 is 0 Å². The molecule has 2 aromatic heterocycles. The zero-order valence-electron chi connectivity index (χ0n) is 10.9. The Morgan fingerprint density at radius 3 is 2.75 bits per heavy atom. The smallest absolute Gasteiger partial charge is 0.188 e. The number of aromatic nitrogens is 5. The van der Waals surface area contributed by atoms with Gasteiger partial charge >= 0.3 is 0 Å². The van der Waals surface area contributed by atoms with Crippen LogP contribution in [0.3, 0.4) is 0 Å². The highest BCUT2D eigenvalue weighted by Gasteiger charge is 2.01. The van der Waals surface area contributed by atoms with Crippen molar-refractivity contribution in [2.24, 2.45) is 7.05 Å². The number of hydrogen-bond acceptors (Lipinski definition) is 5. The molecule has 0 saturated heterocycles. The van der Waals surface area contributed by atoms with Gasteiger partial charge in [-0.25, -0.2) is 9.97 Å².